The van der Waals surface area contributed by atoms with Crippen molar-refractivity contribution in [2.75, 3.05) is 12.4 Å². The van der Waals surface area contributed by atoms with Gasteiger partial charge in [0, 0.05) is 0 Å². The first-order valence-electron chi connectivity index (χ1n) is 7.41. The van der Waals surface area contributed by atoms with Gasteiger partial charge in [0.25, 0.3) is 0 Å². The topological polar surface area (TPSA) is 55.4 Å². The van der Waals surface area contributed by atoms with E-state index < -0.39 is 29.5 Å². The Morgan fingerprint density at radius 1 is 1.20 bits per heavy atom. The zero-order valence-electron chi connectivity index (χ0n) is 13.5. The summed E-state index contributed by atoms with van der Waals surface area (Å²) >= 11 is 1.17. The molecule has 1 aromatic carbocycles. The van der Waals surface area contributed by atoms with Crippen molar-refractivity contribution >= 4 is 28.2 Å². The van der Waals surface area contributed by atoms with E-state index in [0.29, 0.717) is 17.0 Å². The fraction of sp³-hybridized carbons (Fsp3) is 0.294. The van der Waals surface area contributed by atoms with E-state index in [1.165, 1.54) is 36.6 Å². The van der Waals surface area contributed by atoms with E-state index >= 15 is 0 Å². The summed E-state index contributed by atoms with van der Waals surface area (Å²) in [5.74, 6) is -1.59. The summed E-state index contributed by atoms with van der Waals surface area (Å²) < 4.78 is 42.6. The van der Waals surface area contributed by atoms with E-state index in [2.05, 4.69) is 10.1 Å². The Balaban J connectivity index is 2.19. The number of esters is 1. The normalized spacial score (nSPS) is 12.5. The molecule has 1 unspecified atom stereocenters. The number of ether oxygens (including phenoxy) is 1. The molecule has 0 spiro atoms. The molecule has 8 heteroatoms. The van der Waals surface area contributed by atoms with E-state index in [0.717, 1.165) is 12.1 Å². The molecule has 1 aromatic heterocycles. The summed E-state index contributed by atoms with van der Waals surface area (Å²) in [7, 11) is 1.24. The first-order chi connectivity index (χ1) is 11.8. The quantitative estimate of drug-likeness (QED) is 0.776. The standard InChI is InChI=1S/C17H16F3NO3S/c1-3-12(10-4-6-11(7-5-10)17(18,19)20)14(22)21-15-13(8-9-25-15)16(23)24-2/h4-9,12H,3H2,1-2H3,(H,21,22). The second kappa shape index (κ2) is 7.69. The molecule has 0 bridgehead atoms. The third-order valence-electron chi connectivity index (χ3n) is 3.67. The minimum Gasteiger partial charge on any atom is -0.465 e. The molecule has 0 aliphatic rings. The number of carbonyl (C=O) groups is 2. The number of carbonyl (C=O) groups excluding carboxylic acids is 2. The summed E-state index contributed by atoms with van der Waals surface area (Å²) in [6, 6.07) is 6.04. The van der Waals surface area contributed by atoms with Crippen LogP contribution < -0.4 is 5.32 Å². The molecule has 0 saturated heterocycles. The van der Waals surface area contributed by atoms with Crippen molar-refractivity contribution < 1.29 is 27.5 Å². The molecule has 2 aromatic rings. The number of alkyl halides is 3. The fourth-order valence-electron chi connectivity index (χ4n) is 2.35. The average Bonchev–Trinajstić information content (AvgIpc) is 3.02. The summed E-state index contributed by atoms with van der Waals surface area (Å²) in [5.41, 5.74) is -0.0509. The highest BCUT2D eigenvalue weighted by Crippen LogP contribution is 2.32. The molecule has 25 heavy (non-hydrogen) atoms. The Morgan fingerprint density at radius 3 is 2.36 bits per heavy atom. The molecule has 1 N–H and O–H groups in total. The second-order valence-electron chi connectivity index (χ2n) is 5.22. The highest BCUT2D eigenvalue weighted by atomic mass is 32.1. The number of thiophene rings is 1. The molecule has 0 fully saturated rings. The molecule has 4 nitrogen and oxygen atoms in total. The number of anilines is 1. The van der Waals surface area contributed by atoms with Crippen molar-refractivity contribution in [3.63, 3.8) is 0 Å². The van der Waals surface area contributed by atoms with Crippen molar-refractivity contribution in [1.29, 1.82) is 0 Å². The second-order valence-corrected chi connectivity index (χ2v) is 6.14. The molecule has 1 atom stereocenters. The lowest BCUT2D eigenvalue weighted by atomic mass is 9.94. The Kier molecular flexibility index (Phi) is 5.84. The number of methoxy groups -OCH3 is 1. The van der Waals surface area contributed by atoms with Crippen LogP contribution in [0.1, 0.15) is 40.7 Å². The third-order valence-corrected chi connectivity index (χ3v) is 4.50. The van der Waals surface area contributed by atoms with Gasteiger partial charge in [0.05, 0.1) is 24.2 Å². The van der Waals surface area contributed by atoms with Gasteiger partial charge in [0.15, 0.2) is 0 Å². The molecule has 0 radical (unpaired) electrons. The Hall–Kier alpha value is -2.35. The zero-order chi connectivity index (χ0) is 18.6. The zero-order valence-corrected chi connectivity index (χ0v) is 14.3. The predicted octanol–water partition coefficient (Wildman–Crippen LogP) is 4.69. The minimum atomic E-state index is -4.42. The summed E-state index contributed by atoms with van der Waals surface area (Å²) in [6.45, 7) is 1.76. The fourth-order valence-corrected chi connectivity index (χ4v) is 3.13. The van der Waals surface area contributed by atoms with E-state index in [4.69, 9.17) is 0 Å². The van der Waals surface area contributed by atoms with E-state index in [9.17, 15) is 22.8 Å². The van der Waals surface area contributed by atoms with Crippen LogP contribution in [0.3, 0.4) is 0 Å². The lowest BCUT2D eigenvalue weighted by Gasteiger charge is -2.16. The van der Waals surface area contributed by atoms with Crippen molar-refractivity contribution in [1.82, 2.24) is 0 Å². The van der Waals surface area contributed by atoms with Gasteiger partial charge in [0.1, 0.15) is 5.00 Å². The molecule has 0 saturated carbocycles. The number of amides is 1. The van der Waals surface area contributed by atoms with Crippen LogP contribution in [-0.4, -0.2) is 19.0 Å². The van der Waals surface area contributed by atoms with Crippen LogP contribution in [0.25, 0.3) is 0 Å². The highest BCUT2D eigenvalue weighted by molar-refractivity contribution is 7.14. The van der Waals surface area contributed by atoms with Crippen LogP contribution in [0, 0.1) is 0 Å². The molecule has 0 aliphatic heterocycles. The molecule has 134 valence electrons. The maximum atomic E-state index is 12.6. The minimum absolute atomic E-state index is 0.239. The van der Waals surface area contributed by atoms with Gasteiger partial charge >= 0.3 is 12.1 Å². The highest BCUT2D eigenvalue weighted by Gasteiger charge is 2.30. The summed E-state index contributed by atoms with van der Waals surface area (Å²) in [5, 5.41) is 4.65. The monoisotopic (exact) mass is 371 g/mol. The van der Waals surface area contributed by atoms with E-state index in [1.807, 2.05) is 0 Å². The molecule has 0 aliphatic carbocycles. The van der Waals surface area contributed by atoms with Crippen LogP contribution in [0.2, 0.25) is 0 Å². The van der Waals surface area contributed by atoms with Gasteiger partial charge in [-0.3, -0.25) is 4.79 Å². The number of rotatable bonds is 5. The lowest BCUT2D eigenvalue weighted by Crippen LogP contribution is -2.21. The maximum Gasteiger partial charge on any atom is 0.416 e. The summed E-state index contributed by atoms with van der Waals surface area (Å²) in [4.78, 5) is 24.2. The predicted molar refractivity (Wildman–Crippen MR) is 88.8 cm³/mol. The number of halogens is 3. The SMILES string of the molecule is CCC(C(=O)Nc1sccc1C(=O)OC)c1ccc(C(F)(F)F)cc1. The van der Waals surface area contributed by atoms with Gasteiger partial charge in [-0.05, 0) is 35.6 Å². The number of hydrogen-bond donors (Lipinski definition) is 1. The third kappa shape index (κ3) is 4.39. The molecular formula is C17H16F3NO3S. The van der Waals surface area contributed by atoms with Crippen molar-refractivity contribution in [3.8, 4) is 0 Å². The van der Waals surface area contributed by atoms with Gasteiger partial charge in [-0.2, -0.15) is 13.2 Å². The van der Waals surface area contributed by atoms with Gasteiger partial charge < -0.3 is 10.1 Å². The van der Waals surface area contributed by atoms with Crippen LogP contribution in [0.4, 0.5) is 18.2 Å². The van der Waals surface area contributed by atoms with Crippen LogP contribution in [-0.2, 0) is 15.7 Å². The Bertz CT molecular complexity index is 753. The summed E-state index contributed by atoms with van der Waals surface area (Å²) in [6.07, 6.45) is -4.02. The maximum absolute atomic E-state index is 12.6. The Morgan fingerprint density at radius 2 is 1.84 bits per heavy atom. The van der Waals surface area contributed by atoms with Gasteiger partial charge in [-0.25, -0.2) is 4.79 Å². The van der Waals surface area contributed by atoms with Gasteiger partial charge in [-0.1, -0.05) is 19.1 Å². The molecular weight excluding hydrogens is 355 g/mol. The number of benzene rings is 1. The Labute approximate surface area is 146 Å². The van der Waals surface area contributed by atoms with Gasteiger partial charge in [-0.15, -0.1) is 11.3 Å². The van der Waals surface area contributed by atoms with Crippen LogP contribution in [0.5, 0.6) is 0 Å². The smallest absolute Gasteiger partial charge is 0.416 e. The average molecular weight is 371 g/mol. The van der Waals surface area contributed by atoms with Crippen LogP contribution >= 0.6 is 11.3 Å². The van der Waals surface area contributed by atoms with Crippen LogP contribution in [0.15, 0.2) is 35.7 Å². The molecule has 1 heterocycles. The van der Waals surface area contributed by atoms with E-state index in [-0.39, 0.29) is 5.56 Å². The molecule has 1 amide bonds. The largest absolute Gasteiger partial charge is 0.465 e. The van der Waals surface area contributed by atoms with Crippen molar-refractivity contribution in [2.24, 2.45) is 0 Å². The number of hydrogen-bond acceptors (Lipinski definition) is 4. The van der Waals surface area contributed by atoms with Crippen molar-refractivity contribution in [2.45, 2.75) is 25.4 Å². The van der Waals surface area contributed by atoms with E-state index in [1.54, 1.807) is 12.3 Å². The first-order valence-corrected chi connectivity index (χ1v) is 8.29. The first kappa shape index (κ1) is 19.0. The van der Waals surface area contributed by atoms with Crippen molar-refractivity contribution in [3.05, 3.63) is 52.4 Å². The number of nitrogens with one attached hydrogen (secondary N) is 1. The van der Waals surface area contributed by atoms with Gasteiger partial charge in [0.2, 0.25) is 5.91 Å². The lowest BCUT2D eigenvalue weighted by molar-refractivity contribution is -0.137. The molecule has 2 rings (SSSR count).